The van der Waals surface area contributed by atoms with Crippen LogP contribution in [0.3, 0.4) is 0 Å². The third-order valence-electron chi connectivity index (χ3n) is 7.76. The molecule has 9 heteroatoms. The van der Waals surface area contributed by atoms with Gasteiger partial charge in [-0.15, -0.1) is 0 Å². The van der Waals surface area contributed by atoms with Crippen LogP contribution in [0, 0.1) is 6.92 Å². The van der Waals surface area contributed by atoms with Crippen molar-refractivity contribution in [1.29, 1.82) is 0 Å². The van der Waals surface area contributed by atoms with E-state index >= 15 is 0 Å². The molecule has 9 nitrogen and oxygen atoms in total. The number of methoxy groups -OCH3 is 1. The second-order valence-electron chi connectivity index (χ2n) is 10.9. The summed E-state index contributed by atoms with van der Waals surface area (Å²) >= 11 is 0. The van der Waals surface area contributed by atoms with Crippen LogP contribution < -0.4 is 19.3 Å². The van der Waals surface area contributed by atoms with E-state index in [1.165, 1.54) is 4.90 Å². The molecule has 1 amide bonds. The van der Waals surface area contributed by atoms with Crippen LogP contribution in [-0.2, 0) is 16.2 Å². The van der Waals surface area contributed by atoms with Crippen LogP contribution in [0.25, 0.3) is 16.8 Å². The Morgan fingerprint density at radius 2 is 1.73 bits per heavy atom. The predicted molar refractivity (Wildman–Crippen MR) is 170 cm³/mol. The molecule has 1 aliphatic heterocycles. The number of carbonyl (C=O) groups is 2. The van der Waals surface area contributed by atoms with Gasteiger partial charge in [0, 0.05) is 31.4 Å². The minimum atomic E-state index is -0.928. The van der Waals surface area contributed by atoms with Gasteiger partial charge < -0.3 is 24.5 Å². The van der Waals surface area contributed by atoms with Crippen molar-refractivity contribution in [2.24, 2.45) is 0 Å². The molecule has 1 aliphatic rings. The van der Waals surface area contributed by atoms with Gasteiger partial charge in [-0.3, -0.25) is 14.5 Å². The molecular weight excluding hydrogens is 556 g/mol. The number of aliphatic hydroxyl groups excluding tert-OH is 1. The maximum atomic E-state index is 13.7. The molecule has 0 aliphatic carbocycles. The van der Waals surface area contributed by atoms with Crippen LogP contribution in [0.4, 0.5) is 11.6 Å². The number of nitrogens with zero attached hydrogens (tertiary/aromatic N) is 3. The zero-order chi connectivity index (χ0) is 31.0. The number of ether oxygens (including phenoxy) is 2. The fourth-order valence-electron chi connectivity index (χ4n) is 5.39. The van der Waals surface area contributed by atoms with Crippen LogP contribution in [0.1, 0.15) is 28.3 Å². The second-order valence-corrected chi connectivity index (χ2v) is 10.9. The third-order valence-corrected chi connectivity index (χ3v) is 7.76. The molecule has 6 rings (SSSR count). The Hall–Kier alpha value is -5.57. The monoisotopic (exact) mass is 588 g/mol. The molecule has 2 N–H and O–H groups in total. The lowest BCUT2D eigenvalue weighted by Gasteiger charge is -2.24. The van der Waals surface area contributed by atoms with Gasteiger partial charge in [0.1, 0.15) is 23.9 Å². The zero-order valence-corrected chi connectivity index (χ0v) is 24.9. The number of H-pyrrole nitrogens is 1. The topological polar surface area (TPSA) is 108 Å². The number of aromatic amines is 1. The fraction of sp³-hybridized carbons (Fsp3) is 0.171. The highest BCUT2D eigenvalue weighted by molar-refractivity contribution is 6.51. The number of ketones is 1. The summed E-state index contributed by atoms with van der Waals surface area (Å²) < 4.78 is 11.3. The zero-order valence-electron chi connectivity index (χ0n) is 24.9. The minimum absolute atomic E-state index is 0.0250. The standard InChI is InChI=1S/C35H32N4O5/c1-21-18-24(12-17-29(21)44-20-22-8-6-5-7-9-22)32(40)30-31(23-10-13-25(14-11-23)38(2)3)39(34(42)33(30)41)35-36-27-16-15-26(43-4)19-28(27)37-35/h5-19,31,40H,20H2,1-4H3,(H,36,37)/b32-30+. The van der Waals surface area contributed by atoms with E-state index in [1.807, 2.05) is 80.5 Å². The van der Waals surface area contributed by atoms with E-state index in [9.17, 15) is 14.7 Å². The molecule has 0 saturated carbocycles. The lowest BCUT2D eigenvalue weighted by atomic mass is 9.94. The largest absolute Gasteiger partial charge is 0.507 e. The molecule has 2 heterocycles. The van der Waals surface area contributed by atoms with E-state index in [4.69, 9.17) is 9.47 Å². The Morgan fingerprint density at radius 3 is 2.41 bits per heavy atom. The van der Waals surface area contributed by atoms with Crippen LogP contribution in [0.2, 0.25) is 0 Å². The number of anilines is 2. The summed E-state index contributed by atoms with van der Waals surface area (Å²) in [6, 6.07) is 26.9. The summed E-state index contributed by atoms with van der Waals surface area (Å²) in [6.07, 6.45) is 0. The number of aryl methyl sites for hydroxylation is 1. The predicted octanol–water partition coefficient (Wildman–Crippen LogP) is 6.15. The highest BCUT2D eigenvalue weighted by Gasteiger charge is 2.48. The summed E-state index contributed by atoms with van der Waals surface area (Å²) in [7, 11) is 5.43. The lowest BCUT2D eigenvalue weighted by molar-refractivity contribution is -0.132. The van der Waals surface area contributed by atoms with Gasteiger partial charge in [0.15, 0.2) is 0 Å². The van der Waals surface area contributed by atoms with E-state index in [0.29, 0.717) is 40.3 Å². The van der Waals surface area contributed by atoms with Gasteiger partial charge in [0.25, 0.3) is 5.78 Å². The Morgan fingerprint density at radius 1 is 0.977 bits per heavy atom. The first-order valence-corrected chi connectivity index (χ1v) is 14.1. The average Bonchev–Trinajstić information content (AvgIpc) is 3.57. The molecular formula is C35H32N4O5. The first-order chi connectivity index (χ1) is 21.2. The molecule has 4 aromatic carbocycles. The molecule has 44 heavy (non-hydrogen) atoms. The van der Waals surface area contributed by atoms with Crippen LogP contribution in [0.5, 0.6) is 11.5 Å². The maximum Gasteiger partial charge on any atom is 0.302 e. The second kappa shape index (κ2) is 11.6. The molecule has 1 saturated heterocycles. The van der Waals surface area contributed by atoms with E-state index in [-0.39, 0.29) is 17.3 Å². The first-order valence-electron chi connectivity index (χ1n) is 14.1. The van der Waals surface area contributed by atoms with E-state index in [1.54, 1.807) is 43.5 Å². The van der Waals surface area contributed by atoms with Crippen LogP contribution in [-0.4, -0.2) is 48.0 Å². The first kappa shape index (κ1) is 28.5. The molecule has 1 aromatic heterocycles. The van der Waals surface area contributed by atoms with Crippen molar-refractivity contribution < 1.29 is 24.2 Å². The number of nitrogens with one attached hydrogen (secondary N) is 1. The number of benzene rings is 4. The summed E-state index contributed by atoms with van der Waals surface area (Å²) in [5.74, 6) is -0.403. The number of rotatable bonds is 8. The third kappa shape index (κ3) is 5.24. The Balaban J connectivity index is 1.43. The van der Waals surface area contributed by atoms with Crippen molar-refractivity contribution >= 4 is 40.1 Å². The molecule has 0 spiro atoms. The summed E-state index contributed by atoms with van der Waals surface area (Å²) in [4.78, 5) is 38.4. The van der Waals surface area contributed by atoms with E-state index in [2.05, 4.69) is 9.97 Å². The van der Waals surface area contributed by atoms with Gasteiger partial charge in [0.05, 0.1) is 29.8 Å². The molecule has 1 atom stereocenters. The van der Waals surface area contributed by atoms with Crippen LogP contribution in [0.15, 0.2) is 96.6 Å². The summed E-state index contributed by atoms with van der Waals surface area (Å²) in [5.41, 5.74) is 5.02. The van der Waals surface area contributed by atoms with Gasteiger partial charge in [-0.05, 0) is 66.1 Å². The quantitative estimate of drug-likeness (QED) is 0.127. The smallest absolute Gasteiger partial charge is 0.302 e. The molecule has 5 aromatic rings. The molecule has 0 radical (unpaired) electrons. The van der Waals surface area contributed by atoms with Crippen molar-refractivity contribution in [2.75, 3.05) is 31.0 Å². The van der Waals surface area contributed by atoms with Crippen molar-refractivity contribution in [2.45, 2.75) is 19.6 Å². The highest BCUT2D eigenvalue weighted by atomic mass is 16.5. The van der Waals surface area contributed by atoms with Gasteiger partial charge in [-0.25, -0.2) is 4.98 Å². The number of aromatic nitrogens is 2. The number of aliphatic hydroxyl groups is 1. The number of imidazole rings is 1. The van der Waals surface area contributed by atoms with Gasteiger partial charge in [0.2, 0.25) is 5.95 Å². The fourth-order valence-corrected chi connectivity index (χ4v) is 5.39. The van der Waals surface area contributed by atoms with Crippen molar-refractivity contribution in [3.8, 4) is 11.5 Å². The minimum Gasteiger partial charge on any atom is -0.507 e. The average molecular weight is 589 g/mol. The molecule has 1 fully saturated rings. The highest BCUT2D eigenvalue weighted by Crippen LogP contribution is 2.42. The number of carbonyl (C=O) groups excluding carboxylic acids is 2. The Labute approximate surface area is 255 Å². The number of amides is 1. The van der Waals surface area contributed by atoms with Crippen molar-refractivity contribution in [3.05, 3.63) is 119 Å². The maximum absolute atomic E-state index is 13.7. The van der Waals surface area contributed by atoms with E-state index in [0.717, 1.165) is 16.8 Å². The normalized spacial score (nSPS) is 16.0. The summed E-state index contributed by atoms with van der Waals surface area (Å²) in [5, 5.41) is 11.7. The van der Waals surface area contributed by atoms with Crippen molar-refractivity contribution in [1.82, 2.24) is 9.97 Å². The van der Waals surface area contributed by atoms with Crippen LogP contribution >= 0.6 is 0 Å². The van der Waals surface area contributed by atoms with Gasteiger partial charge in [-0.1, -0.05) is 42.5 Å². The lowest BCUT2D eigenvalue weighted by Crippen LogP contribution is -2.30. The summed E-state index contributed by atoms with van der Waals surface area (Å²) in [6.45, 7) is 2.26. The number of fused-ring (bicyclic) bond motifs is 1. The number of hydrogen-bond donors (Lipinski definition) is 2. The molecule has 222 valence electrons. The van der Waals surface area contributed by atoms with Gasteiger partial charge in [-0.2, -0.15) is 0 Å². The van der Waals surface area contributed by atoms with Crippen molar-refractivity contribution in [3.63, 3.8) is 0 Å². The Bertz CT molecular complexity index is 1890. The SMILES string of the molecule is COc1ccc2nc(N3C(=O)C(=O)/C(=C(/O)c4ccc(OCc5ccccc5)c(C)c4)C3c3ccc(N(C)C)cc3)[nH]c2c1. The number of Topliss-reactive ketones (excluding diaryl/α,β-unsaturated/α-hetero) is 1. The number of hydrogen-bond acceptors (Lipinski definition) is 7. The Kier molecular flexibility index (Phi) is 7.53. The van der Waals surface area contributed by atoms with Gasteiger partial charge >= 0.3 is 5.91 Å². The molecule has 0 bridgehead atoms. The molecule has 1 unspecified atom stereocenters. The van der Waals surface area contributed by atoms with E-state index < -0.39 is 17.7 Å².